The van der Waals surface area contributed by atoms with Gasteiger partial charge in [-0.05, 0) is 19.3 Å². The molecule has 3 nitrogen and oxygen atoms in total. The first kappa shape index (κ1) is 10.6. The molecule has 4 heteroatoms. The first-order chi connectivity index (χ1) is 7.27. The summed E-state index contributed by atoms with van der Waals surface area (Å²) in [5, 5.41) is 0.416. The molecular formula is C11H13ClN2O. The first-order valence-electron chi connectivity index (χ1n) is 5.25. The Morgan fingerprint density at radius 2 is 2.13 bits per heavy atom. The highest BCUT2D eigenvalue weighted by molar-refractivity contribution is 6.30. The molecule has 1 aliphatic carbocycles. The van der Waals surface area contributed by atoms with E-state index in [1.54, 1.807) is 12.4 Å². The summed E-state index contributed by atoms with van der Waals surface area (Å²) in [5.74, 6) is 0.656. The van der Waals surface area contributed by atoms with Crippen LogP contribution in [0.15, 0.2) is 12.4 Å². The molecule has 80 valence electrons. The van der Waals surface area contributed by atoms with Crippen LogP contribution in [0.25, 0.3) is 0 Å². The quantitative estimate of drug-likeness (QED) is 0.789. The average Bonchev–Trinajstić information content (AvgIpc) is 2.14. The Morgan fingerprint density at radius 3 is 2.73 bits per heavy atom. The van der Waals surface area contributed by atoms with Gasteiger partial charge < -0.3 is 0 Å². The van der Waals surface area contributed by atoms with Gasteiger partial charge in [0, 0.05) is 24.7 Å². The molecular weight excluding hydrogens is 212 g/mol. The summed E-state index contributed by atoms with van der Waals surface area (Å²) in [5.41, 5.74) is 0.729. The van der Waals surface area contributed by atoms with Crippen molar-refractivity contribution in [3.05, 3.63) is 23.2 Å². The van der Waals surface area contributed by atoms with Crippen molar-refractivity contribution in [2.75, 3.05) is 0 Å². The van der Waals surface area contributed by atoms with E-state index < -0.39 is 0 Å². The van der Waals surface area contributed by atoms with Crippen molar-refractivity contribution < 1.29 is 4.79 Å². The first-order valence-corrected chi connectivity index (χ1v) is 5.63. The molecule has 1 fully saturated rings. The summed E-state index contributed by atoms with van der Waals surface area (Å²) in [6, 6.07) is 0. The zero-order valence-corrected chi connectivity index (χ0v) is 9.20. The van der Waals surface area contributed by atoms with Gasteiger partial charge in [0.15, 0.2) is 0 Å². The van der Waals surface area contributed by atoms with E-state index in [-0.39, 0.29) is 0 Å². The molecule has 0 N–H and O–H groups in total. The molecule has 0 unspecified atom stereocenters. The number of hydrogen-bond donors (Lipinski definition) is 0. The van der Waals surface area contributed by atoms with Gasteiger partial charge >= 0.3 is 0 Å². The van der Waals surface area contributed by atoms with Crippen LogP contribution in [0.5, 0.6) is 0 Å². The maximum Gasteiger partial charge on any atom is 0.150 e. The second kappa shape index (κ2) is 4.71. The summed E-state index contributed by atoms with van der Waals surface area (Å²) in [4.78, 5) is 19.7. The third-order valence-corrected chi connectivity index (χ3v) is 3.21. The molecule has 0 aromatic carbocycles. The zero-order valence-electron chi connectivity index (χ0n) is 8.45. The SMILES string of the molecule is O=C(CCc1nccnc1Cl)C1CCC1. The van der Waals surface area contributed by atoms with Crippen LogP contribution in [0.4, 0.5) is 0 Å². The maximum atomic E-state index is 11.6. The Balaban J connectivity index is 1.87. The highest BCUT2D eigenvalue weighted by Crippen LogP contribution is 2.28. The number of Topliss-reactive ketones (excluding diaryl/α,β-unsaturated/α-hetero) is 1. The van der Waals surface area contributed by atoms with Crippen LogP contribution in [0, 0.1) is 5.92 Å². The predicted octanol–water partition coefficient (Wildman–Crippen LogP) is 2.43. The number of halogens is 1. The Morgan fingerprint density at radius 1 is 1.40 bits per heavy atom. The molecule has 1 heterocycles. The largest absolute Gasteiger partial charge is 0.299 e. The van der Waals surface area contributed by atoms with Crippen LogP contribution < -0.4 is 0 Å². The van der Waals surface area contributed by atoms with E-state index in [4.69, 9.17) is 11.6 Å². The topological polar surface area (TPSA) is 42.9 Å². The fourth-order valence-electron chi connectivity index (χ4n) is 1.69. The molecule has 0 saturated heterocycles. The molecule has 1 saturated carbocycles. The van der Waals surface area contributed by atoms with Crippen molar-refractivity contribution in [3.8, 4) is 0 Å². The van der Waals surface area contributed by atoms with Gasteiger partial charge in [0.1, 0.15) is 10.9 Å². The number of aryl methyl sites for hydroxylation is 1. The lowest BCUT2D eigenvalue weighted by atomic mass is 9.81. The van der Waals surface area contributed by atoms with E-state index in [0.717, 1.165) is 18.5 Å². The smallest absolute Gasteiger partial charge is 0.150 e. The van der Waals surface area contributed by atoms with Gasteiger partial charge in [-0.3, -0.25) is 9.78 Å². The zero-order chi connectivity index (χ0) is 10.7. The van der Waals surface area contributed by atoms with Crippen LogP contribution in [0.3, 0.4) is 0 Å². The summed E-state index contributed by atoms with van der Waals surface area (Å²) in [6.07, 6.45) is 7.64. The van der Waals surface area contributed by atoms with Gasteiger partial charge in [-0.25, -0.2) is 4.98 Å². The minimum atomic E-state index is 0.306. The number of carbonyl (C=O) groups is 1. The van der Waals surface area contributed by atoms with E-state index in [2.05, 4.69) is 9.97 Å². The summed E-state index contributed by atoms with van der Waals surface area (Å²) in [6.45, 7) is 0. The van der Waals surface area contributed by atoms with Crippen LogP contribution in [-0.4, -0.2) is 15.8 Å². The molecule has 0 atom stereocenters. The summed E-state index contributed by atoms with van der Waals surface area (Å²) < 4.78 is 0. The second-order valence-corrected chi connectivity index (χ2v) is 4.25. The minimum absolute atomic E-state index is 0.306. The highest BCUT2D eigenvalue weighted by atomic mass is 35.5. The highest BCUT2D eigenvalue weighted by Gasteiger charge is 2.24. The van der Waals surface area contributed by atoms with Crippen molar-refractivity contribution in [1.29, 1.82) is 0 Å². The van der Waals surface area contributed by atoms with E-state index in [1.165, 1.54) is 6.42 Å². The maximum absolute atomic E-state index is 11.6. The Kier molecular flexibility index (Phi) is 3.31. The van der Waals surface area contributed by atoms with E-state index >= 15 is 0 Å². The van der Waals surface area contributed by atoms with Crippen LogP contribution in [-0.2, 0) is 11.2 Å². The summed E-state index contributed by atoms with van der Waals surface area (Å²) >= 11 is 5.85. The molecule has 1 aromatic rings. The lowest BCUT2D eigenvalue weighted by Gasteiger charge is -2.23. The minimum Gasteiger partial charge on any atom is -0.299 e. The van der Waals surface area contributed by atoms with Gasteiger partial charge in [0.25, 0.3) is 0 Å². The van der Waals surface area contributed by atoms with Crippen LogP contribution in [0.1, 0.15) is 31.4 Å². The fraction of sp³-hybridized carbons (Fsp3) is 0.545. The van der Waals surface area contributed by atoms with Crippen molar-refractivity contribution in [3.63, 3.8) is 0 Å². The van der Waals surface area contributed by atoms with E-state index in [9.17, 15) is 4.79 Å². The van der Waals surface area contributed by atoms with Crippen molar-refractivity contribution in [2.24, 2.45) is 5.92 Å². The predicted molar refractivity (Wildman–Crippen MR) is 57.7 cm³/mol. The lowest BCUT2D eigenvalue weighted by Crippen LogP contribution is -2.22. The molecule has 0 spiro atoms. The van der Waals surface area contributed by atoms with Crippen molar-refractivity contribution in [1.82, 2.24) is 9.97 Å². The van der Waals surface area contributed by atoms with E-state index in [0.29, 0.717) is 29.7 Å². The molecule has 0 aliphatic heterocycles. The van der Waals surface area contributed by atoms with Gasteiger partial charge in [-0.15, -0.1) is 0 Å². The number of rotatable bonds is 4. The van der Waals surface area contributed by atoms with Crippen LogP contribution >= 0.6 is 11.6 Å². The standard InChI is InChI=1S/C11H13ClN2O/c12-11-9(13-6-7-14-11)4-5-10(15)8-2-1-3-8/h6-8H,1-5H2. The van der Waals surface area contributed by atoms with Crippen molar-refractivity contribution in [2.45, 2.75) is 32.1 Å². The second-order valence-electron chi connectivity index (χ2n) is 3.89. The van der Waals surface area contributed by atoms with Crippen LogP contribution in [0.2, 0.25) is 5.15 Å². The van der Waals surface area contributed by atoms with Gasteiger partial charge in [0.2, 0.25) is 0 Å². The number of carbonyl (C=O) groups excluding carboxylic acids is 1. The number of ketones is 1. The fourth-order valence-corrected chi connectivity index (χ4v) is 1.89. The average molecular weight is 225 g/mol. The van der Waals surface area contributed by atoms with E-state index in [1.807, 2.05) is 0 Å². The lowest BCUT2D eigenvalue weighted by molar-refractivity contribution is -0.125. The molecule has 15 heavy (non-hydrogen) atoms. The van der Waals surface area contributed by atoms with Gasteiger partial charge in [-0.2, -0.15) is 0 Å². The Hall–Kier alpha value is -0.960. The Labute approximate surface area is 93.9 Å². The third kappa shape index (κ3) is 2.53. The van der Waals surface area contributed by atoms with Gasteiger partial charge in [0.05, 0.1) is 5.69 Å². The monoisotopic (exact) mass is 224 g/mol. The molecule has 0 radical (unpaired) electrons. The van der Waals surface area contributed by atoms with Crippen molar-refractivity contribution >= 4 is 17.4 Å². The summed E-state index contributed by atoms with van der Waals surface area (Å²) in [7, 11) is 0. The third-order valence-electron chi connectivity index (χ3n) is 2.89. The molecule has 1 aliphatic rings. The normalized spacial score (nSPS) is 16.1. The van der Waals surface area contributed by atoms with Gasteiger partial charge in [-0.1, -0.05) is 18.0 Å². The number of aromatic nitrogens is 2. The number of nitrogens with zero attached hydrogens (tertiary/aromatic N) is 2. The molecule has 2 rings (SSSR count). The molecule has 1 aromatic heterocycles. The Bertz CT molecular complexity index is 363. The molecule has 0 amide bonds. The number of hydrogen-bond acceptors (Lipinski definition) is 3. The molecule has 0 bridgehead atoms.